The fourth-order valence-electron chi connectivity index (χ4n) is 14.6. The van der Waals surface area contributed by atoms with Gasteiger partial charge in [-0.2, -0.15) is 5.26 Å². The second kappa shape index (κ2) is 38.7. The first kappa shape index (κ1) is 86.9. The van der Waals surface area contributed by atoms with Crippen molar-refractivity contribution in [3.05, 3.63) is 288 Å². The summed E-state index contributed by atoms with van der Waals surface area (Å²) in [5, 5.41) is 26.4. The lowest BCUT2D eigenvalue weighted by atomic mass is 9.80. The fraction of sp³-hybridized carbons (Fsp3) is 0.299. The van der Waals surface area contributed by atoms with Gasteiger partial charge in [-0.25, -0.2) is 34.6 Å². The number of methoxy groups -OCH3 is 4. The van der Waals surface area contributed by atoms with Gasteiger partial charge < -0.3 is 62.7 Å². The maximum atomic E-state index is 14.9. The topological polar surface area (TPSA) is 303 Å². The third-order valence-corrected chi connectivity index (χ3v) is 22.2. The number of carbonyl (C=O) groups excluding carboxylic acids is 2. The molecule has 2 amide bonds. The van der Waals surface area contributed by atoms with Crippen molar-refractivity contribution in [2.75, 3.05) is 58.9 Å². The van der Waals surface area contributed by atoms with Crippen LogP contribution in [0.1, 0.15) is 101 Å². The van der Waals surface area contributed by atoms with E-state index in [1.165, 1.54) is 21.8 Å². The van der Waals surface area contributed by atoms with E-state index in [1.54, 1.807) is 138 Å². The summed E-state index contributed by atoms with van der Waals surface area (Å²) in [5.74, 6) is 1.44. The Labute approximate surface area is 692 Å². The molecule has 9 atom stereocenters. The van der Waals surface area contributed by atoms with Gasteiger partial charge in [0.25, 0.3) is 20.3 Å². The number of alkyl halides is 6. The summed E-state index contributed by atoms with van der Waals surface area (Å²) in [6.07, 6.45) is -18.8. The van der Waals surface area contributed by atoms with Crippen molar-refractivity contribution in [1.29, 1.82) is 5.26 Å². The molecule has 3 N–H and O–H groups in total. The normalized spacial score (nSPS) is 18.4. The minimum atomic E-state index is -5.20. The second-order valence-electron chi connectivity index (χ2n) is 28.2. The number of benzene rings is 8. The highest BCUT2D eigenvalue weighted by Crippen LogP contribution is 2.53. The maximum Gasteiger partial charge on any atom is 0.523 e. The van der Waals surface area contributed by atoms with Crippen LogP contribution in [0.25, 0.3) is 22.3 Å². The van der Waals surface area contributed by atoms with Crippen molar-refractivity contribution in [1.82, 2.24) is 43.7 Å². The van der Waals surface area contributed by atoms with Crippen LogP contribution >= 0.6 is 8.53 Å². The SMILES string of the molecule is COc1ccc(C(OC[C@H]2O[C@@H](n3cnc4c(NC(=O)c5ccccc5)ncnc43)C(OC(F)(F)F)[C@H]2O)(c2ccccc2)c2ccc(OC)cc2)cc1.COc1ccc(C(OC[C@H]2O[C@@H](n3cnc4c(NC(=O)c5ccccc5)ncnc43)C(OC(F)(F)F)[C@H]2OP(OCCC#N)N(C(C)C)C(C)C)(c2ccccc2)c2ccc(OC)cc2)cc1. The Hall–Kier alpha value is -11.9. The quantitative estimate of drug-likeness (QED) is 0.0153. The number of hydrogen-bond acceptors (Lipinski definition) is 23. The number of anilines is 2. The zero-order valence-corrected chi connectivity index (χ0v) is 67.4. The Morgan fingerprint density at radius 1 is 0.488 bits per heavy atom. The predicted molar refractivity (Wildman–Crippen MR) is 432 cm³/mol. The predicted octanol–water partition coefficient (Wildman–Crippen LogP) is 15.8. The number of hydrogen-bond donors (Lipinski definition) is 3. The fourth-order valence-corrected chi connectivity index (χ4v) is 16.4. The molecule has 2 saturated heterocycles. The number of fused-ring (bicyclic) bond motifs is 2. The molecule has 34 heteroatoms. The van der Waals surface area contributed by atoms with E-state index in [0.717, 1.165) is 12.7 Å². The molecule has 0 saturated carbocycles. The largest absolute Gasteiger partial charge is 0.523 e. The number of nitrogens with zero attached hydrogens (tertiary/aromatic N) is 10. The van der Waals surface area contributed by atoms with Crippen molar-refractivity contribution < 1.29 is 97.5 Å². The van der Waals surface area contributed by atoms with Gasteiger partial charge in [0.15, 0.2) is 46.4 Å². The molecule has 0 spiro atoms. The zero-order valence-electron chi connectivity index (χ0n) is 66.5. The highest BCUT2D eigenvalue weighted by molar-refractivity contribution is 7.44. The molecule has 121 heavy (non-hydrogen) atoms. The summed E-state index contributed by atoms with van der Waals surface area (Å²) >= 11 is 0. The van der Waals surface area contributed by atoms with Crippen LogP contribution in [-0.2, 0) is 48.7 Å². The van der Waals surface area contributed by atoms with Crippen LogP contribution in [-0.4, -0.2) is 170 Å². The van der Waals surface area contributed by atoms with Crippen LogP contribution in [0.2, 0.25) is 0 Å². The number of aromatic nitrogens is 8. The molecule has 14 rings (SSSR count). The van der Waals surface area contributed by atoms with Gasteiger partial charge in [-0.05, 0) is 134 Å². The molecule has 2 aliphatic heterocycles. The van der Waals surface area contributed by atoms with Gasteiger partial charge in [-0.1, -0.05) is 146 Å². The Bertz CT molecular complexity index is 5340. The first-order valence-corrected chi connectivity index (χ1v) is 39.3. The standard InChI is InChI=1S/C48H51F3N7O8P.C39H34F3N5O7/c1-31(2)58(32(3)4)67(63-27-13-26-52)66-41-39(28-62-47(34-16-11-8-12-17-34,35-18-22-37(60-5)23-19-35)36-20-24-38(61-6)25-21-36)64-46(42(41)65-48(49,50)51)57-30-55-40-43(53-29-54-44(40)57)56-45(59)33-14-9-7-10-15-33;1-50-28-17-13-26(14-18-28)38(25-11-7-4-8-12-25,27-15-19-29(51-2)20-16-27)52-21-30-32(48)33(54-39(40,41)42)37(53-30)47-23-45-31-34(43-22-44-35(31)47)46-36(49)24-9-5-3-6-10-24/h7-12,14-25,29-32,39,41-42,46H,13,27-28H2,1-6H3,(H,53,54,56,59);3-20,22-23,30,32-33,37,48H,21H2,1-2H3,(H,43,44,46,49)/t39-,41+,42?,46-,67?;30-,32+,33?,37-/m11/s1. The lowest BCUT2D eigenvalue weighted by Gasteiger charge is -2.39. The highest BCUT2D eigenvalue weighted by atomic mass is 31.2. The van der Waals surface area contributed by atoms with Crippen LogP contribution < -0.4 is 29.6 Å². The van der Waals surface area contributed by atoms with Crippen LogP contribution in [0.3, 0.4) is 0 Å². The molecule has 6 heterocycles. The number of nitrogens with one attached hydrogen (secondary N) is 2. The maximum absolute atomic E-state index is 14.9. The van der Waals surface area contributed by atoms with Crippen molar-refractivity contribution in [2.24, 2.45) is 0 Å². The number of ether oxygens (including phenoxy) is 10. The molecule has 27 nitrogen and oxygen atoms in total. The summed E-state index contributed by atoms with van der Waals surface area (Å²) in [6, 6.07) is 66.0. The first-order valence-electron chi connectivity index (χ1n) is 38.2. The Balaban J connectivity index is 0.000000214. The van der Waals surface area contributed by atoms with Gasteiger partial charge in [0.2, 0.25) is 0 Å². The van der Waals surface area contributed by atoms with Gasteiger partial charge in [0, 0.05) is 23.2 Å². The molecular weight excluding hydrogens is 1600 g/mol. The lowest BCUT2D eigenvalue weighted by Crippen LogP contribution is -2.44. The number of aliphatic hydroxyl groups excluding tert-OH is 1. The van der Waals surface area contributed by atoms with E-state index >= 15 is 0 Å². The molecule has 0 radical (unpaired) electrons. The van der Waals surface area contributed by atoms with E-state index in [4.69, 9.17) is 51.7 Å². The summed E-state index contributed by atoms with van der Waals surface area (Å²) in [6.45, 7) is 6.80. The van der Waals surface area contributed by atoms with Crippen LogP contribution in [0.15, 0.2) is 244 Å². The van der Waals surface area contributed by atoms with Gasteiger partial charge in [-0.3, -0.25) is 28.2 Å². The Morgan fingerprint density at radius 3 is 1.20 bits per heavy atom. The van der Waals surface area contributed by atoms with Gasteiger partial charge in [0.05, 0.1) is 73.4 Å². The third kappa shape index (κ3) is 19.6. The molecule has 0 bridgehead atoms. The number of rotatable bonds is 32. The smallest absolute Gasteiger partial charge is 0.497 e. The molecule has 2 aliphatic rings. The van der Waals surface area contributed by atoms with Gasteiger partial charge >= 0.3 is 12.7 Å². The Kier molecular flexibility index (Phi) is 27.8. The number of nitriles is 1. The first-order chi connectivity index (χ1) is 58.4. The molecule has 3 unspecified atom stereocenters. The van der Waals surface area contributed by atoms with Gasteiger partial charge in [-0.15, -0.1) is 26.3 Å². The summed E-state index contributed by atoms with van der Waals surface area (Å²) in [7, 11) is 4.03. The number of imidazole rings is 2. The van der Waals surface area contributed by atoms with Crippen LogP contribution in [0.4, 0.5) is 38.0 Å². The monoisotopic (exact) mass is 1680 g/mol. The molecule has 4 aromatic heterocycles. The van der Waals surface area contributed by atoms with Crippen molar-refractivity contribution in [2.45, 2.75) is 119 Å². The summed E-state index contributed by atoms with van der Waals surface area (Å²) < 4.78 is 162. The molecule has 630 valence electrons. The minimum Gasteiger partial charge on any atom is -0.497 e. The van der Waals surface area contributed by atoms with E-state index in [-0.39, 0.29) is 65.7 Å². The summed E-state index contributed by atoms with van der Waals surface area (Å²) in [5.41, 5.74) is 2.16. The average Bonchev–Trinajstić information content (AvgIpc) is 1.22. The number of carbonyl (C=O) groups is 2. The molecular formula is C87H85F6N12O15P. The number of halogens is 6. The second-order valence-corrected chi connectivity index (χ2v) is 29.6. The summed E-state index contributed by atoms with van der Waals surface area (Å²) in [4.78, 5) is 51.9. The van der Waals surface area contributed by atoms with Crippen molar-refractivity contribution in [3.63, 3.8) is 0 Å². The van der Waals surface area contributed by atoms with Crippen molar-refractivity contribution in [3.8, 4) is 29.1 Å². The van der Waals surface area contributed by atoms with Crippen LogP contribution in [0.5, 0.6) is 23.0 Å². The third-order valence-electron chi connectivity index (χ3n) is 20.1. The zero-order chi connectivity index (χ0) is 85.6. The van der Waals surface area contributed by atoms with Gasteiger partial charge in [0.1, 0.15) is 83.5 Å². The van der Waals surface area contributed by atoms with Crippen molar-refractivity contribution >= 4 is 54.3 Å². The Morgan fingerprint density at radius 2 is 0.835 bits per heavy atom. The minimum absolute atomic E-state index is 0.00176. The molecule has 12 aromatic rings. The van der Waals surface area contributed by atoms with E-state index in [2.05, 4.69) is 51.3 Å². The molecule has 8 aromatic carbocycles. The number of amides is 2. The van der Waals surface area contributed by atoms with E-state index < -0.39 is 100.0 Å². The molecule has 2 fully saturated rings. The van der Waals surface area contributed by atoms with E-state index in [1.807, 2.05) is 142 Å². The van der Waals surface area contributed by atoms with E-state index in [0.29, 0.717) is 67.5 Å². The average molecular weight is 1680 g/mol. The highest BCUT2D eigenvalue weighted by Gasteiger charge is 2.56. The van der Waals surface area contributed by atoms with E-state index in [9.17, 15) is 46.3 Å². The van der Waals surface area contributed by atoms with Crippen LogP contribution in [0, 0.1) is 11.3 Å². The lowest BCUT2D eigenvalue weighted by molar-refractivity contribution is -0.356. The number of aliphatic hydroxyl groups is 1. The molecule has 0 aliphatic carbocycles.